The zero-order valence-electron chi connectivity index (χ0n) is 14.8. The average molecular weight is 391 g/mol. The Balaban J connectivity index is 1.85. The molecule has 6 heteroatoms. The van der Waals surface area contributed by atoms with Gasteiger partial charge in [-0.2, -0.15) is 0 Å². The highest BCUT2D eigenvalue weighted by atomic mass is 35.5. The minimum absolute atomic E-state index is 0.00703. The number of rotatable bonds is 3. The van der Waals surface area contributed by atoms with E-state index in [0.717, 1.165) is 17.7 Å². The summed E-state index contributed by atoms with van der Waals surface area (Å²) in [6.07, 6.45) is 0.781. The monoisotopic (exact) mass is 390 g/mol. The van der Waals surface area contributed by atoms with Gasteiger partial charge in [0, 0.05) is 27.5 Å². The van der Waals surface area contributed by atoms with Gasteiger partial charge in [0.1, 0.15) is 5.41 Å². The lowest BCUT2D eigenvalue weighted by Crippen LogP contribution is -2.49. The SMILES string of the molecule is CC1Cc2ccccc2N1C(=O)C(C)(C)C(=O)Nc1cc(Cl)cc(Cl)c1. The lowest BCUT2D eigenvalue weighted by Gasteiger charge is -2.31. The summed E-state index contributed by atoms with van der Waals surface area (Å²) in [6, 6.07) is 12.6. The van der Waals surface area contributed by atoms with E-state index in [1.165, 1.54) is 0 Å². The number of nitrogens with zero attached hydrogens (tertiary/aromatic N) is 1. The minimum atomic E-state index is -1.25. The quantitative estimate of drug-likeness (QED) is 0.754. The molecule has 26 heavy (non-hydrogen) atoms. The van der Waals surface area contributed by atoms with Gasteiger partial charge in [0.25, 0.3) is 0 Å². The molecule has 1 atom stereocenters. The van der Waals surface area contributed by atoms with Gasteiger partial charge in [-0.25, -0.2) is 0 Å². The number of hydrogen-bond donors (Lipinski definition) is 1. The van der Waals surface area contributed by atoms with E-state index in [1.807, 2.05) is 31.2 Å². The van der Waals surface area contributed by atoms with Crippen LogP contribution >= 0.6 is 23.2 Å². The molecule has 0 bridgehead atoms. The zero-order chi connectivity index (χ0) is 19.1. The molecule has 0 aromatic heterocycles. The predicted molar refractivity (Wildman–Crippen MR) is 106 cm³/mol. The summed E-state index contributed by atoms with van der Waals surface area (Å²) in [7, 11) is 0. The van der Waals surface area contributed by atoms with Crippen molar-refractivity contribution in [2.24, 2.45) is 5.41 Å². The van der Waals surface area contributed by atoms with Crippen LogP contribution in [-0.2, 0) is 16.0 Å². The first-order valence-corrected chi connectivity index (χ1v) is 9.15. The van der Waals surface area contributed by atoms with Gasteiger partial charge in [-0.3, -0.25) is 9.59 Å². The van der Waals surface area contributed by atoms with Gasteiger partial charge in [-0.1, -0.05) is 41.4 Å². The van der Waals surface area contributed by atoms with Gasteiger partial charge in [-0.05, 0) is 57.0 Å². The van der Waals surface area contributed by atoms with E-state index < -0.39 is 11.3 Å². The fourth-order valence-electron chi connectivity index (χ4n) is 3.19. The number of benzene rings is 2. The highest BCUT2D eigenvalue weighted by Gasteiger charge is 2.43. The maximum absolute atomic E-state index is 13.2. The molecule has 3 rings (SSSR count). The van der Waals surface area contributed by atoms with Gasteiger partial charge in [-0.15, -0.1) is 0 Å². The van der Waals surface area contributed by atoms with Crippen LogP contribution in [0.4, 0.5) is 11.4 Å². The summed E-state index contributed by atoms with van der Waals surface area (Å²) in [5.74, 6) is -0.641. The van der Waals surface area contributed by atoms with E-state index in [-0.39, 0.29) is 11.9 Å². The summed E-state index contributed by atoms with van der Waals surface area (Å²) in [6.45, 7) is 5.25. The van der Waals surface area contributed by atoms with Gasteiger partial charge in [0.2, 0.25) is 11.8 Å². The highest BCUT2D eigenvalue weighted by Crippen LogP contribution is 2.36. The summed E-state index contributed by atoms with van der Waals surface area (Å²) in [5.41, 5.74) is 1.20. The van der Waals surface area contributed by atoms with Crippen molar-refractivity contribution in [3.8, 4) is 0 Å². The standard InChI is InChI=1S/C20H20Cl2N2O2/c1-12-8-13-6-4-5-7-17(13)24(12)19(26)20(2,3)18(25)23-16-10-14(21)9-15(22)11-16/h4-7,9-12H,8H2,1-3H3,(H,23,25). The Morgan fingerprint density at radius 1 is 1.12 bits per heavy atom. The molecule has 4 nitrogen and oxygen atoms in total. The Hall–Kier alpha value is -2.04. The van der Waals surface area contributed by atoms with Crippen LogP contribution < -0.4 is 10.2 Å². The zero-order valence-corrected chi connectivity index (χ0v) is 16.4. The van der Waals surface area contributed by atoms with Crippen LogP contribution in [0.25, 0.3) is 0 Å². The number of halogens is 2. The molecule has 2 amide bonds. The molecule has 1 aliphatic heterocycles. The van der Waals surface area contributed by atoms with Gasteiger partial charge < -0.3 is 10.2 Å². The van der Waals surface area contributed by atoms with Crippen LogP contribution in [0.1, 0.15) is 26.3 Å². The molecule has 1 N–H and O–H groups in total. The van der Waals surface area contributed by atoms with E-state index in [4.69, 9.17) is 23.2 Å². The number of nitrogens with one attached hydrogen (secondary N) is 1. The summed E-state index contributed by atoms with van der Waals surface area (Å²) in [5, 5.41) is 3.58. The largest absolute Gasteiger partial charge is 0.325 e. The third kappa shape index (κ3) is 3.44. The van der Waals surface area contributed by atoms with Crippen LogP contribution in [0.5, 0.6) is 0 Å². The van der Waals surface area contributed by atoms with E-state index in [1.54, 1.807) is 36.9 Å². The molecule has 1 heterocycles. The summed E-state index contributed by atoms with van der Waals surface area (Å²) in [4.78, 5) is 27.8. The molecule has 1 unspecified atom stereocenters. The number of carbonyl (C=O) groups excluding carboxylic acids is 2. The molecule has 2 aromatic carbocycles. The van der Waals surface area contributed by atoms with Crippen molar-refractivity contribution in [3.63, 3.8) is 0 Å². The third-order valence-electron chi connectivity index (χ3n) is 4.65. The van der Waals surface area contributed by atoms with E-state index in [9.17, 15) is 9.59 Å². The Kier molecular flexibility index (Phi) is 5.00. The fourth-order valence-corrected chi connectivity index (χ4v) is 3.71. The van der Waals surface area contributed by atoms with Crippen LogP contribution in [0.15, 0.2) is 42.5 Å². The van der Waals surface area contributed by atoms with Crippen molar-refractivity contribution in [1.29, 1.82) is 0 Å². The maximum Gasteiger partial charge on any atom is 0.242 e. The first-order chi connectivity index (χ1) is 12.2. The number of hydrogen-bond acceptors (Lipinski definition) is 2. The molecule has 2 aromatic rings. The molecule has 0 radical (unpaired) electrons. The second-order valence-corrected chi connectivity index (χ2v) is 7.97. The first-order valence-electron chi connectivity index (χ1n) is 8.39. The predicted octanol–water partition coefficient (Wildman–Crippen LogP) is 4.94. The number of carbonyl (C=O) groups is 2. The topological polar surface area (TPSA) is 49.4 Å². The Bertz CT molecular complexity index is 860. The van der Waals surface area contributed by atoms with Crippen molar-refractivity contribution in [2.45, 2.75) is 33.2 Å². The number of para-hydroxylation sites is 1. The Morgan fingerprint density at radius 2 is 1.73 bits per heavy atom. The molecule has 0 spiro atoms. The first kappa shape index (κ1) is 18.7. The van der Waals surface area contributed by atoms with Crippen molar-refractivity contribution in [3.05, 3.63) is 58.1 Å². The van der Waals surface area contributed by atoms with Crippen LogP contribution in [0.3, 0.4) is 0 Å². The van der Waals surface area contributed by atoms with Crippen LogP contribution in [0.2, 0.25) is 10.0 Å². The normalized spacial score (nSPS) is 16.3. The molecular weight excluding hydrogens is 371 g/mol. The maximum atomic E-state index is 13.2. The third-order valence-corrected chi connectivity index (χ3v) is 5.09. The second kappa shape index (κ2) is 6.93. The summed E-state index contributed by atoms with van der Waals surface area (Å²) < 4.78 is 0. The lowest BCUT2D eigenvalue weighted by molar-refractivity contribution is -0.136. The lowest BCUT2D eigenvalue weighted by atomic mass is 9.89. The average Bonchev–Trinajstić information content (AvgIpc) is 2.88. The van der Waals surface area contributed by atoms with Crippen molar-refractivity contribution in [2.75, 3.05) is 10.2 Å². The van der Waals surface area contributed by atoms with Crippen molar-refractivity contribution < 1.29 is 9.59 Å². The van der Waals surface area contributed by atoms with E-state index >= 15 is 0 Å². The summed E-state index contributed by atoms with van der Waals surface area (Å²) >= 11 is 12.0. The van der Waals surface area contributed by atoms with Gasteiger partial charge in [0.05, 0.1) is 0 Å². The van der Waals surface area contributed by atoms with Gasteiger partial charge in [0.15, 0.2) is 0 Å². The van der Waals surface area contributed by atoms with Crippen LogP contribution in [-0.4, -0.2) is 17.9 Å². The van der Waals surface area contributed by atoms with Gasteiger partial charge >= 0.3 is 0 Å². The van der Waals surface area contributed by atoms with Crippen molar-refractivity contribution >= 4 is 46.4 Å². The molecule has 0 saturated carbocycles. The van der Waals surface area contributed by atoms with E-state index in [2.05, 4.69) is 5.32 Å². The smallest absolute Gasteiger partial charge is 0.242 e. The fraction of sp³-hybridized carbons (Fsp3) is 0.300. The molecule has 136 valence electrons. The molecular formula is C20H20Cl2N2O2. The molecule has 1 aliphatic rings. The second-order valence-electron chi connectivity index (χ2n) is 7.09. The van der Waals surface area contributed by atoms with Crippen LogP contribution in [0, 0.1) is 5.41 Å². The number of fused-ring (bicyclic) bond motifs is 1. The van der Waals surface area contributed by atoms with E-state index in [0.29, 0.717) is 15.7 Å². The number of amides is 2. The Morgan fingerprint density at radius 3 is 2.38 bits per heavy atom. The minimum Gasteiger partial charge on any atom is -0.325 e. The highest BCUT2D eigenvalue weighted by molar-refractivity contribution is 6.35. The molecule has 0 saturated heterocycles. The molecule has 0 fully saturated rings. The number of anilines is 2. The Labute approximate surface area is 163 Å². The van der Waals surface area contributed by atoms with Crippen molar-refractivity contribution in [1.82, 2.24) is 0 Å². The molecule has 0 aliphatic carbocycles.